The van der Waals surface area contributed by atoms with Crippen LogP contribution in [0.25, 0.3) is 0 Å². The molecular formula is C17H21N. The van der Waals surface area contributed by atoms with E-state index < -0.39 is 0 Å². The van der Waals surface area contributed by atoms with Crippen molar-refractivity contribution in [1.29, 1.82) is 0 Å². The lowest BCUT2D eigenvalue weighted by Crippen LogP contribution is -2.04. The summed E-state index contributed by atoms with van der Waals surface area (Å²) >= 11 is 0. The van der Waals surface area contributed by atoms with Gasteiger partial charge in [0.25, 0.3) is 0 Å². The molecular weight excluding hydrogens is 218 g/mol. The van der Waals surface area contributed by atoms with Gasteiger partial charge in [0.15, 0.2) is 0 Å². The third-order valence-corrected chi connectivity index (χ3v) is 3.29. The van der Waals surface area contributed by atoms with Gasteiger partial charge in [-0.3, -0.25) is 0 Å². The monoisotopic (exact) mass is 239 g/mol. The Kier molecular flexibility index (Phi) is 4.03. The Morgan fingerprint density at radius 2 is 1.61 bits per heavy atom. The van der Waals surface area contributed by atoms with Crippen LogP contribution in [-0.2, 0) is 6.54 Å². The molecule has 1 nitrogen and oxygen atoms in total. The van der Waals surface area contributed by atoms with Crippen LogP contribution in [0.15, 0.2) is 48.5 Å². The molecule has 0 aliphatic rings. The molecule has 1 N–H and O–H groups in total. The molecule has 2 rings (SSSR count). The van der Waals surface area contributed by atoms with Gasteiger partial charge in [0, 0.05) is 12.2 Å². The van der Waals surface area contributed by atoms with Crippen molar-refractivity contribution in [3.05, 3.63) is 65.2 Å². The maximum absolute atomic E-state index is 3.52. The van der Waals surface area contributed by atoms with Crippen LogP contribution in [0, 0.1) is 6.92 Å². The first-order valence-electron chi connectivity index (χ1n) is 6.56. The zero-order valence-electron chi connectivity index (χ0n) is 11.4. The van der Waals surface area contributed by atoms with Crippen molar-refractivity contribution >= 4 is 5.69 Å². The first kappa shape index (κ1) is 12.7. The molecule has 0 spiro atoms. The van der Waals surface area contributed by atoms with Crippen LogP contribution in [-0.4, -0.2) is 0 Å². The largest absolute Gasteiger partial charge is 0.381 e. The van der Waals surface area contributed by atoms with Gasteiger partial charge in [-0.15, -0.1) is 0 Å². The summed E-state index contributed by atoms with van der Waals surface area (Å²) in [4.78, 5) is 0. The van der Waals surface area contributed by atoms with E-state index in [-0.39, 0.29) is 0 Å². The van der Waals surface area contributed by atoms with E-state index in [0.29, 0.717) is 5.92 Å². The maximum Gasteiger partial charge on any atom is 0.0403 e. The number of para-hydroxylation sites is 1. The fourth-order valence-electron chi connectivity index (χ4n) is 2.22. The quantitative estimate of drug-likeness (QED) is 0.813. The van der Waals surface area contributed by atoms with E-state index in [1.807, 2.05) is 0 Å². The molecule has 0 bridgehead atoms. The lowest BCUT2D eigenvalue weighted by Gasteiger charge is -2.15. The average Bonchev–Trinajstić information content (AvgIpc) is 2.38. The van der Waals surface area contributed by atoms with Crippen molar-refractivity contribution in [1.82, 2.24) is 0 Å². The minimum atomic E-state index is 0.569. The highest BCUT2D eigenvalue weighted by atomic mass is 14.9. The number of aryl methyl sites for hydroxylation is 1. The Labute approximate surface area is 110 Å². The van der Waals surface area contributed by atoms with E-state index >= 15 is 0 Å². The van der Waals surface area contributed by atoms with Gasteiger partial charge < -0.3 is 5.32 Å². The summed E-state index contributed by atoms with van der Waals surface area (Å²) in [7, 11) is 0. The molecule has 2 aromatic carbocycles. The SMILES string of the molecule is Cc1ccccc1NCc1ccccc1C(C)C. The molecule has 2 aromatic rings. The van der Waals surface area contributed by atoms with Crippen LogP contribution in [0.1, 0.15) is 36.5 Å². The summed E-state index contributed by atoms with van der Waals surface area (Å²) in [6, 6.07) is 17.1. The van der Waals surface area contributed by atoms with E-state index in [2.05, 4.69) is 74.6 Å². The minimum absolute atomic E-state index is 0.569. The van der Waals surface area contributed by atoms with Crippen molar-refractivity contribution < 1.29 is 0 Å². The Balaban J connectivity index is 2.14. The zero-order valence-corrected chi connectivity index (χ0v) is 11.4. The summed E-state index contributed by atoms with van der Waals surface area (Å²) in [5, 5.41) is 3.52. The van der Waals surface area contributed by atoms with E-state index in [1.165, 1.54) is 22.4 Å². The van der Waals surface area contributed by atoms with Crippen molar-refractivity contribution in [2.45, 2.75) is 33.2 Å². The summed E-state index contributed by atoms with van der Waals surface area (Å²) in [5.41, 5.74) is 5.32. The Bertz CT molecular complexity index is 515. The molecule has 0 aliphatic heterocycles. The number of hydrogen-bond acceptors (Lipinski definition) is 1. The van der Waals surface area contributed by atoms with Crippen LogP contribution in [0.2, 0.25) is 0 Å². The minimum Gasteiger partial charge on any atom is -0.381 e. The van der Waals surface area contributed by atoms with Crippen molar-refractivity contribution in [2.75, 3.05) is 5.32 Å². The molecule has 0 unspecified atom stereocenters. The normalized spacial score (nSPS) is 10.7. The number of hydrogen-bond donors (Lipinski definition) is 1. The smallest absolute Gasteiger partial charge is 0.0403 e. The van der Waals surface area contributed by atoms with E-state index in [1.54, 1.807) is 0 Å². The van der Waals surface area contributed by atoms with E-state index in [0.717, 1.165) is 6.54 Å². The van der Waals surface area contributed by atoms with Crippen molar-refractivity contribution in [3.8, 4) is 0 Å². The third-order valence-electron chi connectivity index (χ3n) is 3.29. The van der Waals surface area contributed by atoms with Crippen LogP contribution >= 0.6 is 0 Å². The predicted molar refractivity (Wildman–Crippen MR) is 79.0 cm³/mol. The highest BCUT2D eigenvalue weighted by Crippen LogP contribution is 2.21. The lowest BCUT2D eigenvalue weighted by molar-refractivity contribution is 0.846. The molecule has 0 radical (unpaired) electrons. The molecule has 1 heteroatoms. The van der Waals surface area contributed by atoms with Gasteiger partial charge in [0.1, 0.15) is 0 Å². The van der Waals surface area contributed by atoms with Crippen molar-refractivity contribution in [2.24, 2.45) is 0 Å². The molecule has 0 amide bonds. The summed E-state index contributed by atoms with van der Waals surface area (Å²) in [6.45, 7) is 7.51. The van der Waals surface area contributed by atoms with Crippen LogP contribution < -0.4 is 5.32 Å². The lowest BCUT2D eigenvalue weighted by atomic mass is 9.97. The highest BCUT2D eigenvalue weighted by molar-refractivity contribution is 5.51. The van der Waals surface area contributed by atoms with Gasteiger partial charge in [-0.25, -0.2) is 0 Å². The molecule has 0 aromatic heterocycles. The Morgan fingerprint density at radius 3 is 2.33 bits per heavy atom. The number of benzene rings is 2. The number of nitrogens with one attached hydrogen (secondary N) is 1. The van der Waals surface area contributed by atoms with Gasteiger partial charge >= 0.3 is 0 Å². The van der Waals surface area contributed by atoms with Gasteiger partial charge in [-0.1, -0.05) is 56.3 Å². The maximum atomic E-state index is 3.52. The summed E-state index contributed by atoms with van der Waals surface area (Å²) in [6.07, 6.45) is 0. The predicted octanol–water partition coefficient (Wildman–Crippen LogP) is 4.73. The molecule has 0 aliphatic carbocycles. The second-order valence-corrected chi connectivity index (χ2v) is 5.02. The number of rotatable bonds is 4. The van der Waals surface area contributed by atoms with Gasteiger partial charge in [-0.2, -0.15) is 0 Å². The molecule has 0 heterocycles. The van der Waals surface area contributed by atoms with Crippen LogP contribution in [0.5, 0.6) is 0 Å². The van der Waals surface area contributed by atoms with Crippen LogP contribution in [0.4, 0.5) is 5.69 Å². The van der Waals surface area contributed by atoms with Gasteiger partial charge in [-0.05, 0) is 35.6 Å². The third kappa shape index (κ3) is 2.92. The first-order chi connectivity index (χ1) is 8.68. The average molecular weight is 239 g/mol. The second kappa shape index (κ2) is 5.72. The topological polar surface area (TPSA) is 12.0 Å². The fourth-order valence-corrected chi connectivity index (χ4v) is 2.22. The summed E-state index contributed by atoms with van der Waals surface area (Å²) in [5.74, 6) is 0.569. The van der Waals surface area contributed by atoms with E-state index in [4.69, 9.17) is 0 Å². The second-order valence-electron chi connectivity index (χ2n) is 5.02. The molecule has 18 heavy (non-hydrogen) atoms. The zero-order chi connectivity index (χ0) is 13.0. The highest BCUT2D eigenvalue weighted by Gasteiger charge is 2.05. The molecule has 0 saturated heterocycles. The Morgan fingerprint density at radius 1 is 0.944 bits per heavy atom. The molecule has 94 valence electrons. The van der Waals surface area contributed by atoms with Crippen LogP contribution in [0.3, 0.4) is 0 Å². The fraction of sp³-hybridized carbons (Fsp3) is 0.294. The van der Waals surface area contributed by atoms with E-state index in [9.17, 15) is 0 Å². The molecule has 0 atom stereocenters. The first-order valence-corrected chi connectivity index (χ1v) is 6.56. The molecule has 0 saturated carbocycles. The van der Waals surface area contributed by atoms with Gasteiger partial charge in [0.05, 0.1) is 0 Å². The standard InChI is InChI=1S/C17H21N/c1-13(2)16-10-6-5-9-15(16)12-18-17-11-7-4-8-14(17)3/h4-11,13,18H,12H2,1-3H3. The van der Waals surface area contributed by atoms with Crippen molar-refractivity contribution in [3.63, 3.8) is 0 Å². The van der Waals surface area contributed by atoms with Gasteiger partial charge in [0.2, 0.25) is 0 Å². The molecule has 0 fully saturated rings. The summed E-state index contributed by atoms with van der Waals surface area (Å²) < 4.78 is 0. The number of anilines is 1. The Hall–Kier alpha value is -1.76.